The van der Waals surface area contributed by atoms with E-state index < -0.39 is 0 Å². The van der Waals surface area contributed by atoms with Crippen LogP contribution in [-0.2, 0) is 13.6 Å². The molecule has 0 unspecified atom stereocenters. The second kappa shape index (κ2) is 6.61. The highest BCUT2D eigenvalue weighted by atomic mass is 16.1. The molecule has 8 heteroatoms. The van der Waals surface area contributed by atoms with Crippen LogP contribution in [0.15, 0.2) is 31.0 Å². The van der Waals surface area contributed by atoms with Crippen molar-refractivity contribution >= 4 is 5.91 Å². The van der Waals surface area contributed by atoms with Crippen molar-refractivity contribution in [2.75, 3.05) is 6.54 Å². The molecule has 124 valence electrons. The zero-order valence-electron chi connectivity index (χ0n) is 13.9. The number of imidazole rings is 1. The van der Waals surface area contributed by atoms with Crippen molar-refractivity contribution in [3.8, 4) is 11.5 Å². The van der Waals surface area contributed by atoms with Gasteiger partial charge in [0.05, 0.1) is 17.5 Å². The maximum Gasteiger partial charge on any atom is 0.255 e. The molecule has 8 nitrogen and oxygen atoms in total. The molecule has 0 fully saturated rings. The topological polar surface area (TPSA) is 90.5 Å². The summed E-state index contributed by atoms with van der Waals surface area (Å²) in [6, 6.07) is 0. The van der Waals surface area contributed by atoms with E-state index in [0.717, 1.165) is 17.2 Å². The molecular weight excluding hydrogens is 306 g/mol. The zero-order valence-corrected chi connectivity index (χ0v) is 13.9. The molecule has 3 aromatic rings. The van der Waals surface area contributed by atoms with Gasteiger partial charge in [-0.25, -0.2) is 9.97 Å². The Kier molecular flexibility index (Phi) is 4.37. The monoisotopic (exact) mass is 325 g/mol. The largest absolute Gasteiger partial charge is 0.350 e. The summed E-state index contributed by atoms with van der Waals surface area (Å²) < 4.78 is 3.65. The van der Waals surface area contributed by atoms with E-state index in [4.69, 9.17) is 0 Å². The Labute approximate surface area is 139 Å². The van der Waals surface area contributed by atoms with Gasteiger partial charge in [0.15, 0.2) is 5.82 Å². The standard InChI is InChI=1S/C16H19N7O/c1-11-14(12(2)22(3)21-11)16(24)20-7-9-23-8-6-19-15(23)13-10-17-4-5-18-13/h4-6,8,10H,7,9H2,1-3H3,(H,20,24). The molecule has 3 heterocycles. The van der Waals surface area contributed by atoms with Crippen LogP contribution in [0.1, 0.15) is 21.7 Å². The van der Waals surface area contributed by atoms with Crippen LogP contribution in [0.25, 0.3) is 11.5 Å². The van der Waals surface area contributed by atoms with Crippen LogP contribution in [0.3, 0.4) is 0 Å². The summed E-state index contributed by atoms with van der Waals surface area (Å²) >= 11 is 0. The number of carbonyl (C=O) groups is 1. The van der Waals surface area contributed by atoms with Crippen molar-refractivity contribution < 1.29 is 4.79 Å². The van der Waals surface area contributed by atoms with Crippen molar-refractivity contribution in [3.05, 3.63) is 47.9 Å². The summed E-state index contributed by atoms with van der Waals surface area (Å²) in [5, 5.41) is 7.20. The van der Waals surface area contributed by atoms with Gasteiger partial charge < -0.3 is 9.88 Å². The third-order valence-electron chi connectivity index (χ3n) is 3.88. The maximum atomic E-state index is 12.4. The first-order valence-corrected chi connectivity index (χ1v) is 7.64. The average molecular weight is 325 g/mol. The van der Waals surface area contributed by atoms with Gasteiger partial charge in [0.1, 0.15) is 5.69 Å². The van der Waals surface area contributed by atoms with E-state index in [9.17, 15) is 4.79 Å². The fraction of sp³-hybridized carbons (Fsp3) is 0.312. The van der Waals surface area contributed by atoms with Crippen molar-refractivity contribution in [1.29, 1.82) is 0 Å². The summed E-state index contributed by atoms with van der Waals surface area (Å²) in [5.74, 6) is 0.616. The lowest BCUT2D eigenvalue weighted by molar-refractivity contribution is 0.0951. The number of nitrogens with one attached hydrogen (secondary N) is 1. The van der Waals surface area contributed by atoms with Crippen molar-refractivity contribution in [2.24, 2.45) is 7.05 Å². The number of nitrogens with zero attached hydrogens (tertiary/aromatic N) is 6. The minimum Gasteiger partial charge on any atom is -0.350 e. The second-order valence-corrected chi connectivity index (χ2v) is 5.46. The summed E-state index contributed by atoms with van der Waals surface area (Å²) in [6.07, 6.45) is 8.48. The zero-order chi connectivity index (χ0) is 17.1. The molecule has 0 atom stereocenters. The molecule has 0 aliphatic carbocycles. The van der Waals surface area contributed by atoms with Crippen LogP contribution in [0.5, 0.6) is 0 Å². The lowest BCUT2D eigenvalue weighted by atomic mass is 10.2. The van der Waals surface area contributed by atoms with Gasteiger partial charge in [-0.2, -0.15) is 5.10 Å². The quantitative estimate of drug-likeness (QED) is 0.759. The van der Waals surface area contributed by atoms with E-state index in [1.165, 1.54) is 0 Å². The third-order valence-corrected chi connectivity index (χ3v) is 3.88. The highest BCUT2D eigenvalue weighted by molar-refractivity contribution is 5.96. The van der Waals surface area contributed by atoms with E-state index in [1.54, 1.807) is 29.5 Å². The van der Waals surface area contributed by atoms with E-state index in [0.29, 0.717) is 24.3 Å². The average Bonchev–Trinajstić information content (AvgIpc) is 3.13. The number of amides is 1. The van der Waals surface area contributed by atoms with Gasteiger partial charge in [0, 0.05) is 50.6 Å². The third kappa shape index (κ3) is 3.03. The normalized spacial score (nSPS) is 10.8. The van der Waals surface area contributed by atoms with Crippen LogP contribution in [0, 0.1) is 13.8 Å². The Morgan fingerprint density at radius 3 is 2.71 bits per heavy atom. The predicted octanol–water partition coefficient (Wildman–Crippen LogP) is 1.12. The van der Waals surface area contributed by atoms with Crippen molar-refractivity contribution in [1.82, 2.24) is 34.6 Å². The second-order valence-electron chi connectivity index (χ2n) is 5.46. The van der Waals surface area contributed by atoms with Gasteiger partial charge in [-0.1, -0.05) is 0 Å². The lowest BCUT2D eigenvalue weighted by Crippen LogP contribution is -2.28. The van der Waals surface area contributed by atoms with Gasteiger partial charge in [-0.05, 0) is 13.8 Å². The molecule has 0 spiro atoms. The molecule has 3 aromatic heterocycles. The van der Waals surface area contributed by atoms with E-state index in [-0.39, 0.29) is 5.91 Å². The Bertz CT molecular complexity index is 851. The molecule has 1 amide bonds. The van der Waals surface area contributed by atoms with Gasteiger partial charge in [-0.15, -0.1) is 0 Å². The fourth-order valence-corrected chi connectivity index (χ4v) is 2.62. The summed E-state index contributed by atoms with van der Waals surface area (Å²) in [5.41, 5.74) is 2.92. The Morgan fingerprint density at radius 2 is 2.04 bits per heavy atom. The molecule has 3 rings (SSSR count). The van der Waals surface area contributed by atoms with E-state index in [1.807, 2.05) is 31.7 Å². The molecule has 0 saturated heterocycles. The van der Waals surface area contributed by atoms with Gasteiger partial charge in [-0.3, -0.25) is 14.5 Å². The highest BCUT2D eigenvalue weighted by Gasteiger charge is 2.17. The number of hydrogen-bond acceptors (Lipinski definition) is 5. The molecule has 0 radical (unpaired) electrons. The molecule has 24 heavy (non-hydrogen) atoms. The molecule has 0 aliphatic rings. The Balaban J connectivity index is 1.66. The fourth-order valence-electron chi connectivity index (χ4n) is 2.62. The van der Waals surface area contributed by atoms with E-state index in [2.05, 4.69) is 25.4 Å². The van der Waals surface area contributed by atoms with E-state index >= 15 is 0 Å². The first-order valence-electron chi connectivity index (χ1n) is 7.64. The first-order chi connectivity index (χ1) is 11.6. The molecule has 0 aromatic carbocycles. The Hall–Kier alpha value is -3.03. The van der Waals surface area contributed by atoms with Crippen LogP contribution in [0.2, 0.25) is 0 Å². The number of rotatable bonds is 5. The number of aromatic nitrogens is 6. The summed E-state index contributed by atoms with van der Waals surface area (Å²) in [7, 11) is 1.83. The summed E-state index contributed by atoms with van der Waals surface area (Å²) in [6.45, 7) is 4.80. The SMILES string of the molecule is Cc1nn(C)c(C)c1C(=O)NCCn1ccnc1-c1cnccn1. The van der Waals surface area contributed by atoms with Crippen molar-refractivity contribution in [2.45, 2.75) is 20.4 Å². The smallest absolute Gasteiger partial charge is 0.255 e. The Morgan fingerprint density at radius 1 is 1.21 bits per heavy atom. The molecule has 0 saturated carbocycles. The number of aryl methyl sites for hydroxylation is 2. The van der Waals surface area contributed by atoms with Crippen LogP contribution >= 0.6 is 0 Å². The number of carbonyl (C=O) groups excluding carboxylic acids is 1. The van der Waals surface area contributed by atoms with Crippen LogP contribution < -0.4 is 5.32 Å². The first kappa shape index (κ1) is 15.9. The molecule has 0 aliphatic heterocycles. The van der Waals surface area contributed by atoms with Crippen LogP contribution in [-0.4, -0.2) is 41.8 Å². The van der Waals surface area contributed by atoms with Gasteiger partial charge in [0.25, 0.3) is 5.91 Å². The van der Waals surface area contributed by atoms with Crippen LogP contribution in [0.4, 0.5) is 0 Å². The molecular formula is C16H19N7O. The minimum absolute atomic E-state index is 0.112. The maximum absolute atomic E-state index is 12.4. The number of hydrogen-bond donors (Lipinski definition) is 1. The minimum atomic E-state index is -0.112. The summed E-state index contributed by atoms with van der Waals surface area (Å²) in [4.78, 5) is 25.0. The van der Waals surface area contributed by atoms with Gasteiger partial charge >= 0.3 is 0 Å². The highest BCUT2D eigenvalue weighted by Crippen LogP contribution is 2.13. The van der Waals surface area contributed by atoms with Gasteiger partial charge in [0.2, 0.25) is 0 Å². The lowest BCUT2D eigenvalue weighted by Gasteiger charge is -2.09. The molecule has 0 bridgehead atoms. The predicted molar refractivity (Wildman–Crippen MR) is 88.3 cm³/mol. The molecule has 1 N–H and O–H groups in total. The van der Waals surface area contributed by atoms with Crippen molar-refractivity contribution in [3.63, 3.8) is 0 Å².